The van der Waals surface area contributed by atoms with Gasteiger partial charge in [-0.1, -0.05) is 19.8 Å². The molecule has 1 atom stereocenters. The molecule has 1 unspecified atom stereocenters. The van der Waals surface area contributed by atoms with Crippen molar-refractivity contribution < 1.29 is 14.7 Å². The van der Waals surface area contributed by atoms with Crippen LogP contribution in [0, 0.1) is 5.41 Å². The molecule has 106 valence electrons. The van der Waals surface area contributed by atoms with E-state index in [0.29, 0.717) is 19.4 Å². The molecule has 0 heterocycles. The molecule has 5 nitrogen and oxygen atoms in total. The first-order chi connectivity index (χ1) is 8.46. The molecule has 0 radical (unpaired) electrons. The van der Waals surface area contributed by atoms with Crippen LogP contribution in [0.15, 0.2) is 0 Å². The average molecular weight is 258 g/mol. The largest absolute Gasteiger partial charge is 0.481 e. The number of carbonyl (C=O) groups excluding carboxylic acids is 1. The SMILES string of the molecule is CCC(C)(CNC(=O)CCCCCCN)C(=O)O. The summed E-state index contributed by atoms with van der Waals surface area (Å²) in [6.45, 7) is 4.35. The van der Waals surface area contributed by atoms with Gasteiger partial charge in [-0.15, -0.1) is 0 Å². The van der Waals surface area contributed by atoms with Crippen molar-refractivity contribution in [1.82, 2.24) is 5.32 Å². The van der Waals surface area contributed by atoms with Crippen LogP contribution in [0.3, 0.4) is 0 Å². The fourth-order valence-electron chi connectivity index (χ4n) is 1.52. The molecule has 0 aliphatic carbocycles. The Morgan fingerprint density at radius 2 is 1.83 bits per heavy atom. The molecular weight excluding hydrogens is 232 g/mol. The summed E-state index contributed by atoms with van der Waals surface area (Å²) in [6, 6.07) is 0. The number of nitrogens with two attached hydrogens (primary N) is 1. The monoisotopic (exact) mass is 258 g/mol. The molecule has 0 rings (SSSR count). The summed E-state index contributed by atoms with van der Waals surface area (Å²) in [5, 5.41) is 11.8. The molecule has 0 aliphatic heterocycles. The number of hydrogen-bond acceptors (Lipinski definition) is 3. The minimum Gasteiger partial charge on any atom is -0.481 e. The third-order valence-electron chi connectivity index (χ3n) is 3.33. The van der Waals surface area contributed by atoms with E-state index in [4.69, 9.17) is 10.8 Å². The second-order valence-electron chi connectivity index (χ2n) is 4.95. The first kappa shape index (κ1) is 16.9. The number of carbonyl (C=O) groups is 2. The lowest BCUT2D eigenvalue weighted by molar-refractivity contribution is -0.148. The highest BCUT2D eigenvalue weighted by Crippen LogP contribution is 2.19. The maximum absolute atomic E-state index is 11.5. The number of carboxylic acids is 1. The highest BCUT2D eigenvalue weighted by Gasteiger charge is 2.31. The van der Waals surface area contributed by atoms with Gasteiger partial charge in [0.05, 0.1) is 5.41 Å². The predicted octanol–water partition coefficient (Wildman–Crippen LogP) is 1.51. The van der Waals surface area contributed by atoms with E-state index in [1.54, 1.807) is 6.92 Å². The van der Waals surface area contributed by atoms with Gasteiger partial charge in [-0.05, 0) is 32.7 Å². The first-order valence-corrected chi connectivity index (χ1v) is 6.66. The van der Waals surface area contributed by atoms with E-state index >= 15 is 0 Å². The molecule has 18 heavy (non-hydrogen) atoms. The van der Waals surface area contributed by atoms with Crippen molar-refractivity contribution in [3.63, 3.8) is 0 Å². The van der Waals surface area contributed by atoms with Gasteiger partial charge in [-0.3, -0.25) is 9.59 Å². The van der Waals surface area contributed by atoms with Gasteiger partial charge in [0, 0.05) is 13.0 Å². The Kier molecular flexibility index (Phi) is 8.37. The van der Waals surface area contributed by atoms with Crippen molar-refractivity contribution in [1.29, 1.82) is 0 Å². The lowest BCUT2D eigenvalue weighted by atomic mass is 9.87. The summed E-state index contributed by atoms with van der Waals surface area (Å²) in [6.07, 6.45) is 4.83. The number of nitrogens with one attached hydrogen (secondary N) is 1. The zero-order chi connectivity index (χ0) is 14.0. The minimum atomic E-state index is -0.867. The Morgan fingerprint density at radius 1 is 1.22 bits per heavy atom. The molecule has 1 amide bonds. The van der Waals surface area contributed by atoms with Gasteiger partial charge in [0.2, 0.25) is 5.91 Å². The van der Waals surface area contributed by atoms with Crippen LogP contribution in [-0.2, 0) is 9.59 Å². The van der Waals surface area contributed by atoms with E-state index in [1.807, 2.05) is 6.92 Å². The zero-order valence-corrected chi connectivity index (χ0v) is 11.5. The fraction of sp³-hybridized carbons (Fsp3) is 0.846. The van der Waals surface area contributed by atoms with Crippen LogP contribution in [0.5, 0.6) is 0 Å². The average Bonchev–Trinajstić information content (AvgIpc) is 2.35. The van der Waals surface area contributed by atoms with E-state index < -0.39 is 11.4 Å². The molecule has 0 bridgehead atoms. The summed E-state index contributed by atoms with van der Waals surface area (Å²) in [5.41, 5.74) is 4.51. The van der Waals surface area contributed by atoms with Crippen molar-refractivity contribution in [2.24, 2.45) is 11.1 Å². The van der Waals surface area contributed by atoms with E-state index in [9.17, 15) is 9.59 Å². The Morgan fingerprint density at radius 3 is 2.33 bits per heavy atom. The van der Waals surface area contributed by atoms with Crippen LogP contribution in [0.2, 0.25) is 0 Å². The maximum atomic E-state index is 11.5. The van der Waals surface area contributed by atoms with E-state index in [0.717, 1.165) is 25.7 Å². The Hall–Kier alpha value is -1.10. The zero-order valence-electron chi connectivity index (χ0n) is 11.5. The number of amides is 1. The Bertz CT molecular complexity index is 269. The van der Waals surface area contributed by atoms with Gasteiger partial charge in [-0.25, -0.2) is 0 Å². The van der Waals surface area contributed by atoms with Crippen LogP contribution in [0.4, 0.5) is 0 Å². The van der Waals surface area contributed by atoms with Crippen LogP contribution in [0.1, 0.15) is 52.4 Å². The molecule has 4 N–H and O–H groups in total. The number of aliphatic carboxylic acids is 1. The van der Waals surface area contributed by atoms with Gasteiger partial charge in [0.15, 0.2) is 0 Å². The summed E-state index contributed by atoms with van der Waals surface area (Å²) in [5.74, 6) is -0.933. The van der Waals surface area contributed by atoms with E-state index in [-0.39, 0.29) is 12.5 Å². The van der Waals surface area contributed by atoms with Gasteiger partial charge in [-0.2, -0.15) is 0 Å². The number of rotatable bonds is 10. The quantitative estimate of drug-likeness (QED) is 0.518. The molecule has 0 fully saturated rings. The summed E-state index contributed by atoms with van der Waals surface area (Å²) in [4.78, 5) is 22.6. The Labute approximate surface area is 109 Å². The van der Waals surface area contributed by atoms with Gasteiger partial charge in [0.25, 0.3) is 0 Å². The van der Waals surface area contributed by atoms with Gasteiger partial charge < -0.3 is 16.2 Å². The van der Waals surface area contributed by atoms with Gasteiger partial charge in [0.1, 0.15) is 0 Å². The molecule has 0 aromatic rings. The normalized spacial score (nSPS) is 13.9. The second-order valence-corrected chi connectivity index (χ2v) is 4.95. The summed E-state index contributed by atoms with van der Waals surface area (Å²) < 4.78 is 0. The summed E-state index contributed by atoms with van der Waals surface area (Å²) in [7, 11) is 0. The lowest BCUT2D eigenvalue weighted by Gasteiger charge is -2.23. The highest BCUT2D eigenvalue weighted by atomic mass is 16.4. The van der Waals surface area contributed by atoms with E-state index in [1.165, 1.54) is 0 Å². The van der Waals surface area contributed by atoms with Crippen molar-refractivity contribution in [3.05, 3.63) is 0 Å². The summed E-state index contributed by atoms with van der Waals surface area (Å²) >= 11 is 0. The molecule has 5 heteroatoms. The first-order valence-electron chi connectivity index (χ1n) is 6.66. The molecular formula is C13H26N2O3. The van der Waals surface area contributed by atoms with Crippen molar-refractivity contribution in [2.45, 2.75) is 52.4 Å². The van der Waals surface area contributed by atoms with Crippen LogP contribution in [0.25, 0.3) is 0 Å². The van der Waals surface area contributed by atoms with Crippen molar-refractivity contribution in [3.8, 4) is 0 Å². The Balaban J connectivity index is 3.79. The third kappa shape index (κ3) is 6.59. The lowest BCUT2D eigenvalue weighted by Crippen LogP contribution is -2.40. The van der Waals surface area contributed by atoms with Crippen LogP contribution in [-0.4, -0.2) is 30.1 Å². The number of hydrogen-bond donors (Lipinski definition) is 3. The maximum Gasteiger partial charge on any atom is 0.311 e. The predicted molar refractivity (Wildman–Crippen MR) is 71.2 cm³/mol. The topological polar surface area (TPSA) is 92.4 Å². The number of unbranched alkanes of at least 4 members (excludes halogenated alkanes) is 3. The van der Waals surface area contributed by atoms with E-state index in [2.05, 4.69) is 5.32 Å². The molecule has 0 aliphatic rings. The molecule has 0 saturated heterocycles. The molecule has 0 saturated carbocycles. The minimum absolute atomic E-state index is 0.0660. The van der Waals surface area contributed by atoms with Gasteiger partial charge >= 0.3 is 5.97 Å². The van der Waals surface area contributed by atoms with Crippen LogP contribution < -0.4 is 11.1 Å². The highest BCUT2D eigenvalue weighted by molar-refractivity contribution is 5.78. The second kappa shape index (κ2) is 8.91. The van der Waals surface area contributed by atoms with Crippen molar-refractivity contribution in [2.75, 3.05) is 13.1 Å². The van der Waals surface area contributed by atoms with Crippen molar-refractivity contribution >= 4 is 11.9 Å². The standard InChI is InChI=1S/C13H26N2O3/c1-3-13(2,12(17)18)10-15-11(16)8-6-4-5-7-9-14/h3-10,14H2,1-2H3,(H,15,16)(H,17,18). The fourth-order valence-corrected chi connectivity index (χ4v) is 1.52. The molecule has 0 aromatic heterocycles. The molecule has 0 spiro atoms. The number of carboxylic acid groups (broad SMARTS) is 1. The third-order valence-corrected chi connectivity index (χ3v) is 3.33. The smallest absolute Gasteiger partial charge is 0.311 e. The van der Waals surface area contributed by atoms with Crippen LogP contribution >= 0.6 is 0 Å². The molecule has 0 aromatic carbocycles.